The summed E-state index contributed by atoms with van der Waals surface area (Å²) in [6.45, 7) is 9.57. The molecule has 1 saturated heterocycles. The summed E-state index contributed by atoms with van der Waals surface area (Å²) < 4.78 is 5.29. The first-order chi connectivity index (χ1) is 7.36. The topological polar surface area (TPSA) is 39.5 Å². The van der Waals surface area contributed by atoms with Crippen molar-refractivity contribution >= 4 is 0 Å². The van der Waals surface area contributed by atoms with Crippen LogP contribution in [0.5, 0.6) is 0 Å². The fraction of sp³-hybridized carbons (Fsp3) is 0.909. The Balaban J connectivity index is 2.16. The Kier molecular flexibility index (Phi) is 6.33. The molecular formula is C11H21N3O. The van der Waals surface area contributed by atoms with Crippen molar-refractivity contribution in [3.63, 3.8) is 0 Å². The van der Waals surface area contributed by atoms with Gasteiger partial charge in [-0.3, -0.25) is 9.80 Å². The standard InChI is InChI=1S/C11H21N3O/c1-2-4-13(5-3-12)6-7-14-8-10-15-11-9-14/h2,4-11H2,1H3. The third-order valence-corrected chi connectivity index (χ3v) is 2.67. The molecule has 1 rings (SSSR count). The maximum atomic E-state index is 8.68. The highest BCUT2D eigenvalue weighted by Gasteiger charge is 2.11. The first kappa shape index (κ1) is 12.4. The molecule has 4 nitrogen and oxygen atoms in total. The third kappa shape index (κ3) is 5.12. The molecule has 4 heteroatoms. The Hall–Kier alpha value is -0.630. The maximum absolute atomic E-state index is 8.68. The lowest BCUT2D eigenvalue weighted by molar-refractivity contribution is 0.0339. The number of morpholine rings is 1. The summed E-state index contributed by atoms with van der Waals surface area (Å²) in [7, 11) is 0. The van der Waals surface area contributed by atoms with Crippen LogP contribution < -0.4 is 0 Å². The zero-order chi connectivity index (χ0) is 10.9. The maximum Gasteiger partial charge on any atom is 0.0866 e. The van der Waals surface area contributed by atoms with Crippen LogP contribution in [0.2, 0.25) is 0 Å². The summed E-state index contributed by atoms with van der Waals surface area (Å²) in [5.41, 5.74) is 0. The molecular weight excluding hydrogens is 190 g/mol. The molecule has 1 aliphatic rings. The Morgan fingerprint density at radius 3 is 2.67 bits per heavy atom. The second kappa shape index (κ2) is 7.63. The number of rotatable bonds is 6. The van der Waals surface area contributed by atoms with Gasteiger partial charge in [0, 0.05) is 26.2 Å². The van der Waals surface area contributed by atoms with Crippen molar-refractivity contribution in [2.24, 2.45) is 0 Å². The van der Waals surface area contributed by atoms with E-state index in [9.17, 15) is 0 Å². The zero-order valence-corrected chi connectivity index (χ0v) is 9.61. The molecule has 0 spiro atoms. The summed E-state index contributed by atoms with van der Waals surface area (Å²) in [6, 6.07) is 2.22. The lowest BCUT2D eigenvalue weighted by Crippen LogP contribution is -2.41. The van der Waals surface area contributed by atoms with Crippen LogP contribution in [0.25, 0.3) is 0 Å². The van der Waals surface area contributed by atoms with E-state index in [0.717, 1.165) is 52.4 Å². The van der Waals surface area contributed by atoms with Gasteiger partial charge >= 0.3 is 0 Å². The number of hydrogen-bond acceptors (Lipinski definition) is 4. The highest BCUT2D eigenvalue weighted by molar-refractivity contribution is 4.77. The van der Waals surface area contributed by atoms with Gasteiger partial charge in [0.15, 0.2) is 0 Å². The van der Waals surface area contributed by atoms with Gasteiger partial charge in [-0.15, -0.1) is 0 Å². The summed E-state index contributed by atoms with van der Waals surface area (Å²) in [4.78, 5) is 4.62. The molecule has 0 amide bonds. The molecule has 0 bridgehead atoms. The average molecular weight is 211 g/mol. The smallest absolute Gasteiger partial charge is 0.0866 e. The van der Waals surface area contributed by atoms with E-state index in [0.29, 0.717) is 6.54 Å². The molecule has 86 valence electrons. The molecule has 1 heterocycles. The molecule has 0 aliphatic carbocycles. The number of hydrogen-bond donors (Lipinski definition) is 0. The third-order valence-electron chi connectivity index (χ3n) is 2.67. The summed E-state index contributed by atoms with van der Waals surface area (Å²) in [6.07, 6.45) is 1.12. The second-order valence-electron chi connectivity index (χ2n) is 3.89. The van der Waals surface area contributed by atoms with Gasteiger partial charge in [0.1, 0.15) is 0 Å². The Bertz CT molecular complexity index is 196. The molecule has 0 aromatic heterocycles. The van der Waals surface area contributed by atoms with Gasteiger partial charge in [-0.25, -0.2) is 0 Å². The van der Waals surface area contributed by atoms with Gasteiger partial charge in [0.25, 0.3) is 0 Å². The van der Waals surface area contributed by atoms with E-state index in [1.807, 2.05) is 0 Å². The summed E-state index contributed by atoms with van der Waals surface area (Å²) >= 11 is 0. The van der Waals surface area contributed by atoms with Crippen molar-refractivity contribution < 1.29 is 4.74 Å². The predicted molar refractivity (Wildman–Crippen MR) is 59.6 cm³/mol. The van der Waals surface area contributed by atoms with Gasteiger partial charge < -0.3 is 4.74 Å². The highest BCUT2D eigenvalue weighted by atomic mass is 16.5. The van der Waals surface area contributed by atoms with Crippen LogP contribution in [0, 0.1) is 11.3 Å². The van der Waals surface area contributed by atoms with Crippen molar-refractivity contribution in [3.05, 3.63) is 0 Å². The second-order valence-corrected chi connectivity index (χ2v) is 3.89. The molecule has 0 radical (unpaired) electrons. The van der Waals surface area contributed by atoms with Gasteiger partial charge in [0.2, 0.25) is 0 Å². The van der Waals surface area contributed by atoms with Crippen molar-refractivity contribution in [1.82, 2.24) is 9.80 Å². The SMILES string of the molecule is CCCN(CC#N)CCN1CCOCC1. The number of nitrogens with zero attached hydrogens (tertiary/aromatic N) is 3. The lowest BCUT2D eigenvalue weighted by atomic mass is 10.3. The van der Waals surface area contributed by atoms with Gasteiger partial charge in [0.05, 0.1) is 25.8 Å². The van der Waals surface area contributed by atoms with Crippen LogP contribution in [-0.4, -0.2) is 62.3 Å². The van der Waals surface area contributed by atoms with E-state index >= 15 is 0 Å². The van der Waals surface area contributed by atoms with E-state index in [1.165, 1.54) is 0 Å². The molecule has 1 aliphatic heterocycles. The minimum absolute atomic E-state index is 0.554. The van der Waals surface area contributed by atoms with E-state index < -0.39 is 0 Å². The van der Waals surface area contributed by atoms with Crippen LogP contribution in [0.15, 0.2) is 0 Å². The normalized spacial score (nSPS) is 17.9. The summed E-state index contributed by atoms with van der Waals surface area (Å²) in [5, 5.41) is 8.68. The zero-order valence-electron chi connectivity index (χ0n) is 9.61. The Morgan fingerprint density at radius 2 is 2.07 bits per heavy atom. The van der Waals surface area contributed by atoms with Crippen molar-refractivity contribution in [3.8, 4) is 6.07 Å². The van der Waals surface area contributed by atoms with Gasteiger partial charge in [-0.2, -0.15) is 5.26 Å². The largest absolute Gasteiger partial charge is 0.379 e. The van der Waals surface area contributed by atoms with E-state index in [2.05, 4.69) is 22.8 Å². The molecule has 0 unspecified atom stereocenters. The molecule has 15 heavy (non-hydrogen) atoms. The lowest BCUT2D eigenvalue weighted by Gasteiger charge is -2.29. The molecule has 0 aromatic carbocycles. The highest BCUT2D eigenvalue weighted by Crippen LogP contribution is 1.98. The molecule has 1 fully saturated rings. The minimum atomic E-state index is 0.554. The quantitative estimate of drug-likeness (QED) is 0.602. The van der Waals surface area contributed by atoms with Crippen LogP contribution in [0.1, 0.15) is 13.3 Å². The van der Waals surface area contributed by atoms with Gasteiger partial charge in [-0.05, 0) is 13.0 Å². The fourth-order valence-corrected chi connectivity index (χ4v) is 1.79. The minimum Gasteiger partial charge on any atom is -0.379 e. The molecule has 0 saturated carbocycles. The Morgan fingerprint density at radius 1 is 1.33 bits per heavy atom. The molecule has 0 N–H and O–H groups in total. The monoisotopic (exact) mass is 211 g/mol. The average Bonchev–Trinajstić information content (AvgIpc) is 2.28. The van der Waals surface area contributed by atoms with E-state index in [1.54, 1.807) is 0 Å². The first-order valence-corrected chi connectivity index (χ1v) is 5.76. The molecule has 0 aromatic rings. The number of ether oxygens (including phenoxy) is 1. The van der Waals surface area contributed by atoms with Crippen LogP contribution in [0.4, 0.5) is 0 Å². The van der Waals surface area contributed by atoms with Crippen molar-refractivity contribution in [1.29, 1.82) is 5.26 Å². The van der Waals surface area contributed by atoms with Crippen LogP contribution in [-0.2, 0) is 4.74 Å². The number of nitriles is 1. The van der Waals surface area contributed by atoms with Crippen LogP contribution >= 0.6 is 0 Å². The first-order valence-electron chi connectivity index (χ1n) is 5.76. The van der Waals surface area contributed by atoms with Crippen LogP contribution in [0.3, 0.4) is 0 Å². The van der Waals surface area contributed by atoms with Gasteiger partial charge in [-0.1, -0.05) is 6.92 Å². The fourth-order valence-electron chi connectivity index (χ4n) is 1.79. The van der Waals surface area contributed by atoms with E-state index in [-0.39, 0.29) is 0 Å². The van der Waals surface area contributed by atoms with Crippen molar-refractivity contribution in [2.75, 3.05) is 52.5 Å². The van der Waals surface area contributed by atoms with E-state index in [4.69, 9.17) is 10.00 Å². The molecule has 0 atom stereocenters. The van der Waals surface area contributed by atoms with Crippen molar-refractivity contribution in [2.45, 2.75) is 13.3 Å². The predicted octanol–water partition coefficient (Wildman–Crippen LogP) is 0.554. The Labute approximate surface area is 92.4 Å². The summed E-state index contributed by atoms with van der Waals surface area (Å²) in [5.74, 6) is 0.